The molecule has 2 N–H and O–H groups in total. The van der Waals surface area contributed by atoms with Crippen LogP contribution in [0.25, 0.3) is 0 Å². The number of likely N-dealkylation sites (tertiary alicyclic amines) is 1. The number of nitrogens with two attached hydrogens (primary N) is 1. The predicted molar refractivity (Wildman–Crippen MR) is 100 cm³/mol. The van der Waals surface area contributed by atoms with Crippen molar-refractivity contribution in [1.82, 2.24) is 4.90 Å². The fourth-order valence-corrected chi connectivity index (χ4v) is 3.04. The molecule has 0 bridgehead atoms. The third-order valence-electron chi connectivity index (χ3n) is 3.71. The molecule has 7 heteroatoms. The number of benzene rings is 1. The third kappa shape index (κ3) is 5.75. The summed E-state index contributed by atoms with van der Waals surface area (Å²) in [6, 6.07) is 6.80. The first kappa shape index (κ1) is 19.2. The quantitative estimate of drug-likeness (QED) is 0.448. The molecule has 0 amide bonds. The molecule has 1 aliphatic heterocycles. The summed E-state index contributed by atoms with van der Waals surface area (Å²) >= 11 is 0. The van der Waals surface area contributed by atoms with Gasteiger partial charge >= 0.3 is 0 Å². The molecule has 0 aliphatic carbocycles. The van der Waals surface area contributed by atoms with Crippen LogP contribution in [-0.2, 0) is 16.4 Å². The number of rotatable bonds is 3. The summed E-state index contributed by atoms with van der Waals surface area (Å²) < 4.78 is 22.8. The molecule has 1 heterocycles. The van der Waals surface area contributed by atoms with E-state index in [-0.39, 0.29) is 24.0 Å². The van der Waals surface area contributed by atoms with Gasteiger partial charge in [-0.1, -0.05) is 25.0 Å². The van der Waals surface area contributed by atoms with E-state index in [1.807, 2.05) is 0 Å². The van der Waals surface area contributed by atoms with Crippen molar-refractivity contribution in [3.05, 3.63) is 29.8 Å². The minimum absolute atomic E-state index is 0. The van der Waals surface area contributed by atoms with Crippen LogP contribution in [0.2, 0.25) is 0 Å². The molecule has 22 heavy (non-hydrogen) atoms. The largest absolute Gasteiger partial charge is 0.370 e. The van der Waals surface area contributed by atoms with Gasteiger partial charge in [0.15, 0.2) is 15.8 Å². The highest BCUT2D eigenvalue weighted by Crippen LogP contribution is 2.12. The summed E-state index contributed by atoms with van der Waals surface area (Å²) in [7, 11) is -3.14. The van der Waals surface area contributed by atoms with Crippen molar-refractivity contribution in [3.8, 4) is 0 Å². The molecule has 2 rings (SSSR count). The van der Waals surface area contributed by atoms with Gasteiger partial charge in [0.05, 0.1) is 11.4 Å². The van der Waals surface area contributed by atoms with Gasteiger partial charge in [-0.15, -0.1) is 24.0 Å². The molecule has 0 saturated carbocycles. The maximum Gasteiger partial charge on any atom is 0.191 e. The topological polar surface area (TPSA) is 75.8 Å². The molecule has 1 saturated heterocycles. The van der Waals surface area contributed by atoms with Crippen LogP contribution in [0.3, 0.4) is 0 Å². The van der Waals surface area contributed by atoms with Crippen LogP contribution in [0.5, 0.6) is 0 Å². The highest BCUT2D eigenvalue weighted by Gasteiger charge is 2.11. The number of aliphatic imine (C=N–C) groups is 1. The number of halogens is 1. The molecule has 0 unspecified atom stereocenters. The van der Waals surface area contributed by atoms with E-state index >= 15 is 0 Å². The molecule has 0 aromatic heterocycles. The second kappa shape index (κ2) is 8.71. The monoisotopic (exact) mass is 437 g/mol. The van der Waals surface area contributed by atoms with Gasteiger partial charge in [-0.3, -0.25) is 0 Å². The minimum atomic E-state index is -3.14. The second-order valence-corrected chi connectivity index (χ2v) is 7.51. The molecule has 1 aliphatic rings. The number of guanidine groups is 1. The summed E-state index contributed by atoms with van der Waals surface area (Å²) in [5.41, 5.74) is 7.00. The van der Waals surface area contributed by atoms with E-state index in [4.69, 9.17) is 5.73 Å². The van der Waals surface area contributed by atoms with E-state index in [1.54, 1.807) is 24.3 Å². The second-order valence-electron chi connectivity index (χ2n) is 5.49. The Bertz CT molecular complexity index is 592. The van der Waals surface area contributed by atoms with Gasteiger partial charge < -0.3 is 10.6 Å². The average Bonchev–Trinajstić information content (AvgIpc) is 2.73. The van der Waals surface area contributed by atoms with E-state index in [1.165, 1.54) is 31.9 Å². The first-order valence-corrected chi connectivity index (χ1v) is 9.20. The zero-order chi connectivity index (χ0) is 15.3. The number of nitrogens with zero attached hydrogens (tertiary/aromatic N) is 2. The minimum Gasteiger partial charge on any atom is -0.370 e. The van der Waals surface area contributed by atoms with Gasteiger partial charge in [0.1, 0.15) is 0 Å². The van der Waals surface area contributed by atoms with Crippen LogP contribution >= 0.6 is 24.0 Å². The van der Waals surface area contributed by atoms with Gasteiger partial charge in [-0.2, -0.15) is 0 Å². The first-order chi connectivity index (χ1) is 9.97. The molecule has 1 fully saturated rings. The first-order valence-electron chi connectivity index (χ1n) is 7.31. The molecule has 5 nitrogen and oxygen atoms in total. The summed E-state index contributed by atoms with van der Waals surface area (Å²) in [5.74, 6) is 0.587. The van der Waals surface area contributed by atoms with E-state index < -0.39 is 9.84 Å². The summed E-state index contributed by atoms with van der Waals surface area (Å²) in [5, 5.41) is 0. The lowest BCUT2D eigenvalue weighted by atomic mass is 10.2. The Labute approximate surface area is 149 Å². The van der Waals surface area contributed by atoms with Crippen LogP contribution in [0, 0.1) is 0 Å². The molecule has 0 atom stereocenters. The van der Waals surface area contributed by atoms with E-state index in [2.05, 4.69) is 9.89 Å². The third-order valence-corrected chi connectivity index (χ3v) is 4.83. The summed E-state index contributed by atoms with van der Waals surface area (Å²) in [6.07, 6.45) is 6.06. The van der Waals surface area contributed by atoms with Crippen molar-refractivity contribution < 1.29 is 8.42 Å². The number of hydrogen-bond donors (Lipinski definition) is 1. The van der Waals surface area contributed by atoms with Crippen LogP contribution in [-0.4, -0.2) is 38.6 Å². The van der Waals surface area contributed by atoms with Crippen molar-refractivity contribution >= 4 is 39.8 Å². The Kier molecular flexibility index (Phi) is 7.61. The lowest BCUT2D eigenvalue weighted by molar-refractivity contribution is 0.428. The molecular weight excluding hydrogens is 413 g/mol. The highest BCUT2D eigenvalue weighted by atomic mass is 127. The van der Waals surface area contributed by atoms with Gasteiger partial charge in [0.25, 0.3) is 0 Å². The van der Waals surface area contributed by atoms with Crippen LogP contribution in [0.1, 0.15) is 31.2 Å². The van der Waals surface area contributed by atoms with Crippen molar-refractivity contribution in [2.45, 2.75) is 37.1 Å². The molecule has 1 aromatic rings. The van der Waals surface area contributed by atoms with Crippen molar-refractivity contribution in [3.63, 3.8) is 0 Å². The Morgan fingerprint density at radius 3 is 2.18 bits per heavy atom. The fourth-order valence-electron chi connectivity index (χ4n) is 2.41. The SMILES string of the molecule is CS(=O)(=O)c1ccc(CN=C(N)N2CCCCCC2)cc1.I. The van der Waals surface area contributed by atoms with Crippen molar-refractivity contribution in [1.29, 1.82) is 0 Å². The maximum atomic E-state index is 11.4. The number of hydrogen-bond acceptors (Lipinski definition) is 3. The Hall–Kier alpha value is -0.830. The smallest absolute Gasteiger partial charge is 0.191 e. The average molecular weight is 437 g/mol. The predicted octanol–water partition coefficient (Wildman–Crippen LogP) is 2.40. The Morgan fingerprint density at radius 2 is 1.68 bits per heavy atom. The highest BCUT2D eigenvalue weighted by molar-refractivity contribution is 14.0. The van der Waals surface area contributed by atoms with Gasteiger partial charge in [0.2, 0.25) is 0 Å². The van der Waals surface area contributed by atoms with Crippen LogP contribution in [0.4, 0.5) is 0 Å². The lowest BCUT2D eigenvalue weighted by Gasteiger charge is -2.21. The zero-order valence-corrected chi connectivity index (χ0v) is 16.0. The van der Waals surface area contributed by atoms with E-state index in [0.29, 0.717) is 17.4 Å². The molecule has 0 spiro atoms. The summed E-state index contributed by atoms with van der Waals surface area (Å²) in [6.45, 7) is 2.43. The van der Waals surface area contributed by atoms with Gasteiger partial charge in [0, 0.05) is 19.3 Å². The fraction of sp³-hybridized carbons (Fsp3) is 0.533. The molecule has 124 valence electrons. The van der Waals surface area contributed by atoms with Gasteiger partial charge in [-0.05, 0) is 30.5 Å². The standard InChI is InChI=1S/C15H23N3O2S.HI/c1-21(19,20)14-8-6-13(7-9-14)12-17-15(16)18-10-4-2-3-5-11-18;/h6-9H,2-5,10-12H2,1H3,(H2,16,17);1H. The Morgan fingerprint density at radius 1 is 1.14 bits per heavy atom. The normalized spacial score (nSPS) is 16.8. The van der Waals surface area contributed by atoms with Crippen LogP contribution in [0.15, 0.2) is 34.2 Å². The van der Waals surface area contributed by atoms with E-state index in [9.17, 15) is 8.42 Å². The number of sulfone groups is 1. The summed E-state index contributed by atoms with van der Waals surface area (Å²) in [4.78, 5) is 6.89. The van der Waals surface area contributed by atoms with E-state index in [0.717, 1.165) is 18.7 Å². The van der Waals surface area contributed by atoms with Crippen LogP contribution < -0.4 is 5.73 Å². The van der Waals surface area contributed by atoms with Crippen molar-refractivity contribution in [2.24, 2.45) is 10.7 Å². The molecular formula is C15H24IN3O2S. The van der Waals surface area contributed by atoms with Crippen molar-refractivity contribution in [2.75, 3.05) is 19.3 Å². The molecule has 0 radical (unpaired) electrons. The van der Waals surface area contributed by atoms with Gasteiger partial charge in [-0.25, -0.2) is 13.4 Å². The Balaban J connectivity index is 0.00000242. The lowest BCUT2D eigenvalue weighted by Crippen LogP contribution is -2.38. The maximum absolute atomic E-state index is 11.4. The zero-order valence-electron chi connectivity index (χ0n) is 12.9. The molecule has 1 aromatic carbocycles.